The highest BCUT2D eigenvalue weighted by molar-refractivity contribution is 6.06. The van der Waals surface area contributed by atoms with Crippen LogP contribution in [0.3, 0.4) is 0 Å². The normalized spacial score (nSPS) is 16.3. The van der Waals surface area contributed by atoms with E-state index in [4.69, 9.17) is 72.3 Å². The number of carbonyl (C=O) groups is 3. The maximum Gasteiger partial charge on any atom is 0.343 e. The smallest absolute Gasteiger partial charge is 0.343 e. The number of aromatic nitrogens is 2. The summed E-state index contributed by atoms with van der Waals surface area (Å²) in [6.45, 7) is 18.9. The number of cyclic esters (lactones) is 1. The van der Waals surface area contributed by atoms with Gasteiger partial charge in [-0.2, -0.15) is 5.10 Å². The van der Waals surface area contributed by atoms with Crippen molar-refractivity contribution in [1.29, 1.82) is 0 Å². The van der Waals surface area contributed by atoms with Gasteiger partial charge in [0.15, 0.2) is 5.60 Å². The number of halogens is 1. The summed E-state index contributed by atoms with van der Waals surface area (Å²) in [6, 6.07) is 9.46. The van der Waals surface area contributed by atoms with E-state index in [9.17, 15) is 24.3 Å². The van der Waals surface area contributed by atoms with Crippen molar-refractivity contribution >= 4 is 34.4 Å². The molecule has 0 fully saturated rings. The molecule has 4 heterocycles. The highest BCUT2D eigenvalue weighted by Gasteiger charge is 2.46. The fourth-order valence-electron chi connectivity index (χ4n) is 9.88. The molecule has 1 aliphatic carbocycles. The van der Waals surface area contributed by atoms with Crippen molar-refractivity contribution in [3.05, 3.63) is 91.5 Å². The number of hydrogen-bond donors (Lipinski definition) is 4. The summed E-state index contributed by atoms with van der Waals surface area (Å²) in [5.41, 5.74) is 8.94. The number of ether oxygens (including phenoxy) is 13. The minimum Gasteiger partial charge on any atom is -0.491 e. The van der Waals surface area contributed by atoms with Crippen LogP contribution >= 0.6 is 0 Å². The zero-order chi connectivity index (χ0) is 61.3. The first-order valence-electron chi connectivity index (χ1n) is 29.5. The van der Waals surface area contributed by atoms with Crippen molar-refractivity contribution in [2.45, 2.75) is 78.7 Å². The molecule has 0 spiro atoms. The zero-order valence-corrected chi connectivity index (χ0v) is 50.2. The van der Waals surface area contributed by atoms with Crippen molar-refractivity contribution in [3.63, 3.8) is 0 Å². The second-order valence-electron chi connectivity index (χ2n) is 21.0. The third-order valence-corrected chi connectivity index (χ3v) is 14.9. The van der Waals surface area contributed by atoms with Gasteiger partial charge in [0, 0.05) is 29.1 Å². The molecule has 2 aromatic carbocycles. The van der Waals surface area contributed by atoms with Crippen molar-refractivity contribution in [3.8, 4) is 17.1 Å². The van der Waals surface area contributed by atoms with Crippen molar-refractivity contribution in [2.75, 3.05) is 159 Å². The van der Waals surface area contributed by atoms with E-state index in [1.165, 1.54) is 24.5 Å². The quantitative estimate of drug-likeness (QED) is 0.0142. The first kappa shape index (κ1) is 67.6. The van der Waals surface area contributed by atoms with Gasteiger partial charge in [0.25, 0.3) is 11.5 Å². The van der Waals surface area contributed by atoms with Crippen LogP contribution in [0.4, 0.5) is 4.39 Å². The molecule has 0 bridgehead atoms. The summed E-state index contributed by atoms with van der Waals surface area (Å²) in [6.07, 6.45) is 0.766. The van der Waals surface area contributed by atoms with Crippen molar-refractivity contribution < 1.29 is 85.5 Å². The van der Waals surface area contributed by atoms with E-state index in [1.807, 2.05) is 0 Å². The average Bonchev–Trinajstić information content (AvgIpc) is 1.48. The van der Waals surface area contributed by atoms with Gasteiger partial charge in [-0.3, -0.25) is 14.4 Å². The molecular formula is C61H85FN6O18. The van der Waals surface area contributed by atoms with E-state index in [2.05, 4.69) is 15.8 Å². The maximum atomic E-state index is 15.5. The topological polar surface area (TPSA) is 289 Å². The van der Waals surface area contributed by atoms with E-state index in [-0.39, 0.29) is 30.7 Å². The summed E-state index contributed by atoms with van der Waals surface area (Å²) in [7, 11) is 0. The van der Waals surface area contributed by atoms with Crippen LogP contribution in [0.1, 0.15) is 85.5 Å². The van der Waals surface area contributed by atoms with Crippen LogP contribution in [0.15, 0.2) is 46.3 Å². The molecule has 0 radical (unpaired) electrons. The Balaban J connectivity index is 0.710. The van der Waals surface area contributed by atoms with Crippen LogP contribution in [0.2, 0.25) is 0 Å². The molecule has 24 nitrogen and oxygen atoms in total. The fraction of sp³-hybridized carbons (Fsp3) is 0.607. The number of hydrazone groups is 1. The number of nitrogens with zero attached hydrogens (tertiary/aromatic N) is 3. The molecule has 2 aliphatic heterocycles. The number of benzene rings is 2. The number of nitrogens with one attached hydrogen (secondary N) is 2. The predicted molar refractivity (Wildman–Crippen MR) is 313 cm³/mol. The molecule has 0 saturated heterocycles. The molecular weight excluding hydrogens is 1120 g/mol. The van der Waals surface area contributed by atoms with Gasteiger partial charge in [-0.25, -0.2) is 19.6 Å². The fourth-order valence-corrected chi connectivity index (χ4v) is 9.88. The first-order chi connectivity index (χ1) is 41.7. The molecule has 2 atom stereocenters. The Kier molecular flexibility index (Phi) is 27.2. The second kappa shape index (κ2) is 34.6. The highest BCUT2D eigenvalue weighted by atomic mass is 19.1. The number of hydrogen-bond acceptors (Lipinski definition) is 21. The lowest BCUT2D eigenvalue weighted by Crippen LogP contribution is -2.48. The monoisotopic (exact) mass is 1210 g/mol. The Morgan fingerprint density at radius 1 is 0.733 bits per heavy atom. The van der Waals surface area contributed by atoms with Crippen molar-refractivity contribution in [2.24, 2.45) is 16.3 Å². The summed E-state index contributed by atoms with van der Waals surface area (Å²) < 4.78 is 88.4. The van der Waals surface area contributed by atoms with Crippen LogP contribution in [0, 0.1) is 18.2 Å². The molecule has 474 valence electrons. The molecule has 0 saturated carbocycles. The van der Waals surface area contributed by atoms with E-state index in [0.29, 0.717) is 227 Å². The van der Waals surface area contributed by atoms with Crippen LogP contribution < -0.4 is 26.8 Å². The number of carbonyl (C=O) groups excluding carboxylic acids is 3. The van der Waals surface area contributed by atoms with Gasteiger partial charge in [0.05, 0.1) is 186 Å². The van der Waals surface area contributed by atoms with E-state index < -0.39 is 46.2 Å². The summed E-state index contributed by atoms with van der Waals surface area (Å²) in [4.78, 5) is 59.7. The largest absolute Gasteiger partial charge is 0.491 e. The number of amides is 2. The Bertz CT molecular complexity index is 2940. The first-order valence-corrected chi connectivity index (χ1v) is 29.5. The van der Waals surface area contributed by atoms with Gasteiger partial charge in [-0.1, -0.05) is 6.92 Å². The SMILES string of the molecule is CC[C@]1(O)C(=O)OCc2c1cc1n(c2=O)Cc2c-1nc1cc(F)c(C)c3c1c2[C@H](NC(=O)C(C)(C)C(=O)N/N=C(/C)c1ccc(OCCOCCOCCOCCOCCOCCOCCOCCOCCOCCOCCOCCN)cc1)CC3. The summed E-state index contributed by atoms with van der Waals surface area (Å²) in [5.74, 6) is -1.89. The van der Waals surface area contributed by atoms with Gasteiger partial charge in [0.2, 0.25) is 5.91 Å². The Hall–Kier alpha value is -5.91. The number of nitrogens with two attached hydrogens (primary N) is 1. The van der Waals surface area contributed by atoms with Gasteiger partial charge >= 0.3 is 5.97 Å². The standard InChI is InChI=1S/C61H85FN6O18/c1-6-61(73)48-37-52-55-46(39-68(52)56(69)47(48)40-86-59(61)72)54-50(12-11-45-41(2)49(62)38-51(64-55)53(45)54)65-57(70)60(4,5)58(71)67-66-42(3)43-7-9-44(10-8-43)85-36-35-84-34-33-83-32-31-82-30-29-81-28-27-80-26-25-79-24-23-78-22-21-77-20-19-76-18-17-75-16-15-74-14-13-63/h7-10,37-38,50,73H,6,11-36,39-40,63H2,1-5H3,(H,65,70)(H,67,71)/b66-42-/t50-,61-/m1/s1. The maximum absolute atomic E-state index is 15.5. The van der Waals surface area contributed by atoms with Crippen LogP contribution in [-0.4, -0.2) is 197 Å². The molecule has 86 heavy (non-hydrogen) atoms. The number of rotatable bonds is 42. The number of aliphatic hydroxyl groups is 1. The molecule has 4 aromatic rings. The average molecular weight is 1210 g/mol. The minimum absolute atomic E-state index is 0.0286. The Morgan fingerprint density at radius 2 is 1.22 bits per heavy atom. The van der Waals surface area contributed by atoms with E-state index in [0.717, 1.165) is 5.56 Å². The summed E-state index contributed by atoms with van der Waals surface area (Å²) >= 11 is 0. The highest BCUT2D eigenvalue weighted by Crippen LogP contribution is 2.46. The molecule has 3 aliphatic rings. The minimum atomic E-state index is -2.03. The van der Waals surface area contributed by atoms with Crippen molar-refractivity contribution in [1.82, 2.24) is 20.3 Å². The molecule has 0 unspecified atom stereocenters. The van der Waals surface area contributed by atoms with E-state index in [1.54, 1.807) is 51.1 Å². The molecule has 2 amide bonds. The third kappa shape index (κ3) is 18.3. The van der Waals surface area contributed by atoms with Gasteiger partial charge in [-0.15, -0.1) is 0 Å². The Morgan fingerprint density at radius 3 is 1.71 bits per heavy atom. The predicted octanol–water partition coefficient (Wildman–Crippen LogP) is 3.72. The lowest BCUT2D eigenvalue weighted by atomic mass is 9.81. The zero-order valence-electron chi connectivity index (χ0n) is 50.2. The number of aryl methyl sites for hydroxylation is 1. The number of pyridine rings is 2. The lowest BCUT2D eigenvalue weighted by molar-refractivity contribution is -0.172. The Labute approximate surface area is 500 Å². The van der Waals surface area contributed by atoms with Gasteiger partial charge in [-0.05, 0) is 99.5 Å². The van der Waals surface area contributed by atoms with Gasteiger partial charge in [0.1, 0.15) is 30.2 Å². The van der Waals surface area contributed by atoms with Crippen LogP contribution in [0.25, 0.3) is 22.3 Å². The van der Waals surface area contributed by atoms with Crippen LogP contribution in [-0.2, 0) is 96.4 Å². The molecule has 7 rings (SSSR count). The van der Waals surface area contributed by atoms with Gasteiger partial charge < -0.3 is 82.3 Å². The third-order valence-electron chi connectivity index (χ3n) is 14.9. The molecule has 25 heteroatoms. The lowest BCUT2D eigenvalue weighted by Gasteiger charge is -2.32. The number of esters is 1. The second-order valence-corrected chi connectivity index (χ2v) is 21.0. The number of fused-ring (bicyclic) bond motifs is 5. The van der Waals surface area contributed by atoms with Crippen LogP contribution in [0.5, 0.6) is 5.75 Å². The summed E-state index contributed by atoms with van der Waals surface area (Å²) in [5, 5.41) is 19.5. The molecule has 5 N–H and O–H groups in total. The van der Waals surface area contributed by atoms with E-state index >= 15 is 4.39 Å². The molecule has 2 aromatic heterocycles.